The van der Waals surface area contributed by atoms with Gasteiger partial charge in [-0.05, 0) is 38.5 Å². The van der Waals surface area contributed by atoms with E-state index in [1.165, 1.54) is 0 Å². The van der Waals surface area contributed by atoms with Crippen molar-refractivity contribution in [3.63, 3.8) is 0 Å². The van der Waals surface area contributed by atoms with Gasteiger partial charge in [-0.3, -0.25) is 9.59 Å². The van der Waals surface area contributed by atoms with Gasteiger partial charge in [-0.1, -0.05) is 0 Å². The largest absolute Gasteiger partial charge is 0.375 e. The van der Waals surface area contributed by atoms with Gasteiger partial charge in [-0.15, -0.1) is 12.4 Å². The lowest BCUT2D eigenvalue weighted by Gasteiger charge is -2.39. The molecule has 1 N–H and O–H groups in total. The van der Waals surface area contributed by atoms with Crippen LogP contribution < -0.4 is 5.32 Å². The number of ether oxygens (including phenoxy) is 1. The molecule has 0 aromatic heterocycles. The fraction of sp³-hybridized carbons (Fsp3) is 0.882. The van der Waals surface area contributed by atoms with E-state index in [2.05, 4.69) is 5.32 Å². The molecule has 0 bridgehead atoms. The number of hydrogen-bond acceptors (Lipinski definition) is 4. The lowest BCUT2D eigenvalue weighted by atomic mass is 9.94. The van der Waals surface area contributed by atoms with E-state index >= 15 is 0 Å². The summed E-state index contributed by atoms with van der Waals surface area (Å²) >= 11 is 0. The molecule has 0 aliphatic carbocycles. The van der Waals surface area contributed by atoms with E-state index in [1.807, 2.05) is 16.7 Å². The summed E-state index contributed by atoms with van der Waals surface area (Å²) in [5.74, 6) is 1.02. The maximum atomic E-state index is 12.6. The van der Waals surface area contributed by atoms with E-state index in [0.717, 1.165) is 58.4 Å². The molecule has 0 radical (unpaired) electrons. The molecule has 3 heterocycles. The summed E-state index contributed by atoms with van der Waals surface area (Å²) in [6.45, 7) is 6.78. The van der Waals surface area contributed by atoms with Crippen LogP contribution in [-0.2, 0) is 14.3 Å². The summed E-state index contributed by atoms with van der Waals surface area (Å²) in [5.41, 5.74) is 0. The van der Waals surface area contributed by atoms with Crippen molar-refractivity contribution in [1.82, 2.24) is 15.1 Å². The number of carbonyl (C=O) groups excluding carboxylic acids is 2. The Kier molecular flexibility index (Phi) is 7.32. The molecule has 0 unspecified atom stereocenters. The van der Waals surface area contributed by atoms with E-state index in [1.54, 1.807) is 0 Å². The third-order valence-corrected chi connectivity index (χ3v) is 5.41. The van der Waals surface area contributed by atoms with Crippen molar-refractivity contribution in [1.29, 1.82) is 0 Å². The number of amides is 2. The van der Waals surface area contributed by atoms with Gasteiger partial charge in [0.15, 0.2) is 0 Å². The molecule has 3 saturated heterocycles. The minimum atomic E-state index is -0.205. The van der Waals surface area contributed by atoms with Crippen LogP contribution in [0.2, 0.25) is 0 Å². The van der Waals surface area contributed by atoms with Crippen molar-refractivity contribution < 1.29 is 14.3 Å². The van der Waals surface area contributed by atoms with Crippen LogP contribution in [0.3, 0.4) is 0 Å². The number of rotatable bonds is 3. The monoisotopic (exact) mass is 359 g/mol. The van der Waals surface area contributed by atoms with Crippen molar-refractivity contribution in [3.05, 3.63) is 0 Å². The van der Waals surface area contributed by atoms with Gasteiger partial charge in [0.2, 0.25) is 11.8 Å². The van der Waals surface area contributed by atoms with Crippen LogP contribution in [0, 0.1) is 5.92 Å². The molecule has 3 fully saturated rings. The SMILES string of the molecule is C[C@H]1OCCN[C@@H]1C(=O)N1CCC(CN2CCCCC2=O)CC1.Cl. The number of nitrogens with one attached hydrogen (secondary N) is 1. The first-order valence-corrected chi connectivity index (χ1v) is 9.06. The highest BCUT2D eigenvalue weighted by Gasteiger charge is 2.34. The average molecular weight is 360 g/mol. The molecule has 0 aromatic rings. The van der Waals surface area contributed by atoms with Gasteiger partial charge in [-0.2, -0.15) is 0 Å². The van der Waals surface area contributed by atoms with E-state index in [-0.39, 0.29) is 30.5 Å². The zero-order chi connectivity index (χ0) is 16.2. The van der Waals surface area contributed by atoms with Gasteiger partial charge in [0.1, 0.15) is 6.04 Å². The van der Waals surface area contributed by atoms with Crippen molar-refractivity contribution >= 4 is 24.2 Å². The molecule has 3 rings (SSSR count). The number of halogens is 1. The maximum absolute atomic E-state index is 12.6. The van der Waals surface area contributed by atoms with Gasteiger partial charge >= 0.3 is 0 Å². The summed E-state index contributed by atoms with van der Waals surface area (Å²) in [6.07, 6.45) is 4.82. The van der Waals surface area contributed by atoms with Gasteiger partial charge < -0.3 is 19.9 Å². The second-order valence-electron chi connectivity index (χ2n) is 7.07. The van der Waals surface area contributed by atoms with Crippen LogP contribution >= 0.6 is 12.4 Å². The Balaban J connectivity index is 0.00000208. The highest BCUT2D eigenvalue weighted by molar-refractivity contribution is 5.85. The van der Waals surface area contributed by atoms with Crippen LogP contribution in [0.5, 0.6) is 0 Å². The minimum Gasteiger partial charge on any atom is -0.375 e. The number of hydrogen-bond donors (Lipinski definition) is 1. The summed E-state index contributed by atoms with van der Waals surface area (Å²) in [5, 5.41) is 3.28. The molecule has 24 heavy (non-hydrogen) atoms. The number of nitrogens with zero attached hydrogens (tertiary/aromatic N) is 2. The number of morpholine rings is 1. The smallest absolute Gasteiger partial charge is 0.242 e. The maximum Gasteiger partial charge on any atom is 0.242 e. The first kappa shape index (κ1) is 19.5. The Morgan fingerprint density at radius 3 is 2.67 bits per heavy atom. The lowest BCUT2D eigenvalue weighted by molar-refractivity contribution is -0.142. The number of likely N-dealkylation sites (tertiary alicyclic amines) is 2. The van der Waals surface area contributed by atoms with Gasteiger partial charge in [0.05, 0.1) is 12.7 Å². The molecule has 3 aliphatic rings. The van der Waals surface area contributed by atoms with Gasteiger partial charge in [-0.25, -0.2) is 0 Å². The van der Waals surface area contributed by atoms with Gasteiger partial charge in [0.25, 0.3) is 0 Å². The van der Waals surface area contributed by atoms with E-state index in [9.17, 15) is 9.59 Å². The standard InChI is InChI=1S/C17H29N3O3.ClH/c1-13-16(18-7-11-23-13)17(22)19-9-5-14(6-10-19)12-20-8-3-2-4-15(20)21;/h13-14,16,18H,2-12H2,1H3;1H/t13-,16+;/m1./s1. The highest BCUT2D eigenvalue weighted by Crippen LogP contribution is 2.22. The van der Waals surface area contributed by atoms with Crippen molar-refractivity contribution in [2.24, 2.45) is 5.92 Å². The third-order valence-electron chi connectivity index (χ3n) is 5.41. The van der Waals surface area contributed by atoms with Crippen LogP contribution in [0.25, 0.3) is 0 Å². The first-order chi connectivity index (χ1) is 11.1. The fourth-order valence-corrected chi connectivity index (χ4v) is 3.91. The summed E-state index contributed by atoms with van der Waals surface area (Å²) < 4.78 is 5.58. The molecular weight excluding hydrogens is 330 g/mol. The molecule has 0 aromatic carbocycles. The van der Waals surface area contributed by atoms with Crippen LogP contribution in [0.15, 0.2) is 0 Å². The molecular formula is C17H30ClN3O3. The predicted octanol–water partition coefficient (Wildman–Crippen LogP) is 1.04. The average Bonchev–Trinajstić information content (AvgIpc) is 2.57. The second-order valence-corrected chi connectivity index (χ2v) is 7.07. The second kappa shape index (κ2) is 9.02. The summed E-state index contributed by atoms with van der Waals surface area (Å²) in [4.78, 5) is 28.6. The molecule has 138 valence electrons. The fourth-order valence-electron chi connectivity index (χ4n) is 3.91. The molecule has 6 nitrogen and oxygen atoms in total. The highest BCUT2D eigenvalue weighted by atomic mass is 35.5. The molecule has 2 atom stereocenters. The Labute approximate surface area is 150 Å². The molecule has 3 aliphatic heterocycles. The quantitative estimate of drug-likeness (QED) is 0.817. The topological polar surface area (TPSA) is 61.9 Å². The van der Waals surface area contributed by atoms with E-state index in [4.69, 9.17) is 4.74 Å². The Morgan fingerprint density at radius 2 is 2.00 bits per heavy atom. The Hall–Kier alpha value is -0.850. The summed E-state index contributed by atoms with van der Waals surface area (Å²) in [7, 11) is 0. The molecule has 7 heteroatoms. The van der Waals surface area contributed by atoms with Gasteiger partial charge in [0, 0.05) is 39.1 Å². The zero-order valence-corrected chi connectivity index (χ0v) is 15.4. The van der Waals surface area contributed by atoms with Crippen molar-refractivity contribution in [2.75, 3.05) is 39.3 Å². The minimum absolute atomic E-state index is 0. The van der Waals surface area contributed by atoms with Crippen molar-refractivity contribution in [2.45, 2.75) is 51.2 Å². The van der Waals surface area contributed by atoms with Crippen molar-refractivity contribution in [3.8, 4) is 0 Å². The zero-order valence-electron chi connectivity index (χ0n) is 14.5. The normalized spacial score (nSPS) is 29.3. The predicted molar refractivity (Wildman–Crippen MR) is 94.2 cm³/mol. The summed E-state index contributed by atoms with van der Waals surface area (Å²) in [6, 6.07) is -0.205. The van der Waals surface area contributed by atoms with Crippen LogP contribution in [-0.4, -0.2) is 73.1 Å². The lowest BCUT2D eigenvalue weighted by Crippen LogP contribution is -2.57. The Morgan fingerprint density at radius 1 is 1.25 bits per heavy atom. The van der Waals surface area contributed by atoms with E-state index < -0.39 is 0 Å². The third kappa shape index (κ3) is 4.61. The van der Waals surface area contributed by atoms with Crippen LogP contribution in [0.1, 0.15) is 39.0 Å². The molecule has 0 saturated carbocycles. The first-order valence-electron chi connectivity index (χ1n) is 9.06. The van der Waals surface area contributed by atoms with E-state index in [0.29, 0.717) is 24.9 Å². The molecule has 0 spiro atoms. The van der Waals surface area contributed by atoms with Crippen LogP contribution in [0.4, 0.5) is 0 Å². The molecule has 2 amide bonds. The number of carbonyl (C=O) groups is 2. The number of piperidine rings is 2. The Bertz CT molecular complexity index is 441.